The third-order valence-electron chi connectivity index (χ3n) is 5.27. The average molecular weight is 430 g/mol. The molecule has 0 aliphatic carbocycles. The molecule has 0 N–H and O–H groups in total. The van der Waals surface area contributed by atoms with E-state index >= 15 is 0 Å². The summed E-state index contributed by atoms with van der Waals surface area (Å²) >= 11 is 0. The lowest BCUT2D eigenvalue weighted by Crippen LogP contribution is -2.49. The first kappa shape index (κ1) is 20.3. The first-order chi connectivity index (χ1) is 14.4. The highest BCUT2D eigenvalue weighted by Gasteiger charge is 2.32. The maximum atomic E-state index is 13.4. The number of rotatable bonds is 5. The first-order valence-electron chi connectivity index (χ1n) is 9.55. The van der Waals surface area contributed by atoms with Crippen molar-refractivity contribution < 1.29 is 17.7 Å². The summed E-state index contributed by atoms with van der Waals surface area (Å²) in [5.41, 5.74) is 2.29. The van der Waals surface area contributed by atoms with Crippen LogP contribution in [-0.2, 0) is 10.0 Å². The predicted octanol–water partition coefficient (Wildman–Crippen LogP) is 2.27. The largest absolute Gasteiger partial charge is 0.495 e. The third kappa shape index (κ3) is 3.63. The van der Waals surface area contributed by atoms with Crippen LogP contribution < -0.4 is 9.64 Å². The fourth-order valence-electron chi connectivity index (χ4n) is 3.43. The number of hydrogen-bond donors (Lipinski definition) is 0. The van der Waals surface area contributed by atoms with Crippen LogP contribution in [0.25, 0.3) is 11.3 Å². The second-order valence-electron chi connectivity index (χ2n) is 7.03. The van der Waals surface area contributed by atoms with Crippen LogP contribution in [0.3, 0.4) is 0 Å². The van der Waals surface area contributed by atoms with Gasteiger partial charge in [-0.2, -0.15) is 4.31 Å². The number of hydrogen-bond acceptors (Lipinski definition) is 8. The molecule has 9 nitrogen and oxygen atoms in total. The van der Waals surface area contributed by atoms with Crippen LogP contribution in [0, 0.1) is 13.8 Å². The second kappa shape index (κ2) is 8.04. The molecule has 0 radical (unpaired) electrons. The Morgan fingerprint density at radius 1 is 1.07 bits per heavy atom. The molecule has 2 aromatic heterocycles. The summed E-state index contributed by atoms with van der Waals surface area (Å²) in [6, 6.07) is 6.76. The zero-order valence-electron chi connectivity index (χ0n) is 17.1. The third-order valence-corrected chi connectivity index (χ3v) is 7.19. The minimum Gasteiger partial charge on any atom is -0.495 e. The molecule has 1 saturated heterocycles. The summed E-state index contributed by atoms with van der Waals surface area (Å²) in [6.07, 6.45) is 3.35. The van der Waals surface area contributed by atoms with Crippen molar-refractivity contribution in [2.75, 3.05) is 38.2 Å². The first-order valence-corrected chi connectivity index (χ1v) is 11.0. The molecule has 0 saturated carbocycles. The van der Waals surface area contributed by atoms with E-state index in [1.165, 1.54) is 11.4 Å². The lowest BCUT2D eigenvalue weighted by molar-refractivity contribution is 0.372. The van der Waals surface area contributed by atoms with Crippen molar-refractivity contribution in [3.8, 4) is 17.1 Å². The topological polar surface area (TPSA) is 102 Å². The van der Waals surface area contributed by atoms with Crippen LogP contribution in [0.2, 0.25) is 0 Å². The quantitative estimate of drug-likeness (QED) is 0.609. The minimum absolute atomic E-state index is 0.111. The average Bonchev–Trinajstić information content (AvgIpc) is 3.12. The molecule has 3 heterocycles. The molecule has 0 spiro atoms. The highest BCUT2D eigenvalue weighted by Crippen LogP contribution is 2.34. The molecule has 1 aliphatic heterocycles. The van der Waals surface area contributed by atoms with Gasteiger partial charge in [-0.25, -0.2) is 18.4 Å². The van der Waals surface area contributed by atoms with Gasteiger partial charge in [0, 0.05) is 49.7 Å². The Balaban J connectivity index is 1.62. The number of piperazine rings is 1. The summed E-state index contributed by atoms with van der Waals surface area (Å²) in [5, 5.41) is 3.97. The Bertz CT molecular complexity index is 1140. The van der Waals surface area contributed by atoms with Gasteiger partial charge in [-0.15, -0.1) is 0 Å². The minimum atomic E-state index is -3.77. The van der Waals surface area contributed by atoms with Crippen molar-refractivity contribution in [3.05, 3.63) is 47.9 Å². The van der Waals surface area contributed by atoms with Crippen LogP contribution in [0.5, 0.6) is 5.75 Å². The Labute approximate surface area is 175 Å². The van der Waals surface area contributed by atoms with E-state index in [-0.39, 0.29) is 4.90 Å². The molecule has 0 amide bonds. The molecule has 0 atom stereocenters. The van der Waals surface area contributed by atoms with Gasteiger partial charge < -0.3 is 14.2 Å². The molecule has 30 heavy (non-hydrogen) atoms. The number of aryl methyl sites for hydroxylation is 1. The van der Waals surface area contributed by atoms with E-state index in [2.05, 4.69) is 15.1 Å². The molecular formula is C20H23N5O4S. The van der Waals surface area contributed by atoms with Crippen molar-refractivity contribution in [2.24, 2.45) is 0 Å². The molecule has 0 bridgehead atoms. The number of nitrogens with zero attached hydrogens (tertiary/aromatic N) is 5. The van der Waals surface area contributed by atoms with Crippen LogP contribution in [-0.4, -0.2) is 61.1 Å². The van der Waals surface area contributed by atoms with Crippen LogP contribution in [0.1, 0.15) is 11.3 Å². The highest BCUT2D eigenvalue weighted by atomic mass is 32.2. The highest BCUT2D eigenvalue weighted by molar-refractivity contribution is 7.89. The fraction of sp³-hybridized carbons (Fsp3) is 0.350. The number of benzene rings is 1. The van der Waals surface area contributed by atoms with E-state index in [4.69, 9.17) is 9.26 Å². The van der Waals surface area contributed by atoms with Gasteiger partial charge in [0.1, 0.15) is 10.6 Å². The summed E-state index contributed by atoms with van der Waals surface area (Å²) in [7, 11) is -2.31. The molecule has 4 rings (SSSR count). The molecule has 1 aromatic carbocycles. The van der Waals surface area contributed by atoms with Gasteiger partial charge in [-0.1, -0.05) is 5.16 Å². The van der Waals surface area contributed by atoms with E-state index in [9.17, 15) is 8.42 Å². The van der Waals surface area contributed by atoms with E-state index in [1.54, 1.807) is 36.7 Å². The number of anilines is 1. The second-order valence-corrected chi connectivity index (χ2v) is 8.93. The van der Waals surface area contributed by atoms with Gasteiger partial charge in [-0.05, 0) is 38.1 Å². The number of aromatic nitrogens is 3. The van der Waals surface area contributed by atoms with Crippen molar-refractivity contribution in [1.82, 2.24) is 19.4 Å². The molecule has 0 unspecified atom stereocenters. The van der Waals surface area contributed by atoms with E-state index < -0.39 is 10.0 Å². The maximum Gasteiger partial charge on any atom is 0.246 e. The standard InChI is InChI=1S/C20H23N5O4S/c1-14-15(2)23-29-19(14)16-5-6-17(28-3)18(13-16)30(26,27)25-11-9-24(10-12-25)20-21-7-4-8-22-20/h4-8,13H,9-12H2,1-3H3. The lowest BCUT2D eigenvalue weighted by Gasteiger charge is -2.34. The number of sulfonamides is 1. The molecule has 10 heteroatoms. The number of methoxy groups -OCH3 is 1. The van der Waals surface area contributed by atoms with Gasteiger partial charge in [0.15, 0.2) is 5.76 Å². The van der Waals surface area contributed by atoms with Gasteiger partial charge in [0.05, 0.1) is 12.8 Å². The van der Waals surface area contributed by atoms with Crippen molar-refractivity contribution in [1.29, 1.82) is 0 Å². The van der Waals surface area contributed by atoms with Gasteiger partial charge >= 0.3 is 0 Å². The van der Waals surface area contributed by atoms with Crippen molar-refractivity contribution in [3.63, 3.8) is 0 Å². The predicted molar refractivity (Wildman–Crippen MR) is 111 cm³/mol. The summed E-state index contributed by atoms with van der Waals surface area (Å²) in [4.78, 5) is 10.6. The SMILES string of the molecule is COc1ccc(-c2onc(C)c2C)cc1S(=O)(=O)N1CCN(c2ncccn2)CC1. The van der Waals surface area contributed by atoms with Crippen molar-refractivity contribution >= 4 is 16.0 Å². The summed E-state index contributed by atoms with van der Waals surface area (Å²) in [6.45, 7) is 5.41. The van der Waals surface area contributed by atoms with Gasteiger partial charge in [-0.3, -0.25) is 0 Å². The fourth-order valence-corrected chi connectivity index (χ4v) is 5.03. The van der Waals surface area contributed by atoms with E-state index in [0.717, 1.165) is 11.3 Å². The summed E-state index contributed by atoms with van der Waals surface area (Å²) < 4.78 is 39.1. The molecular weight excluding hydrogens is 406 g/mol. The van der Waals surface area contributed by atoms with Crippen molar-refractivity contribution in [2.45, 2.75) is 18.7 Å². The van der Waals surface area contributed by atoms with Gasteiger partial charge in [0.2, 0.25) is 16.0 Å². The zero-order chi connectivity index (χ0) is 21.3. The van der Waals surface area contributed by atoms with E-state index in [1.807, 2.05) is 18.7 Å². The van der Waals surface area contributed by atoms with Crippen LogP contribution in [0.4, 0.5) is 5.95 Å². The Morgan fingerprint density at radius 2 is 1.77 bits per heavy atom. The Kier molecular flexibility index (Phi) is 5.44. The molecule has 1 fully saturated rings. The monoisotopic (exact) mass is 429 g/mol. The number of ether oxygens (including phenoxy) is 1. The van der Waals surface area contributed by atoms with E-state index in [0.29, 0.717) is 49.2 Å². The van der Waals surface area contributed by atoms with Gasteiger partial charge in [0.25, 0.3) is 0 Å². The smallest absolute Gasteiger partial charge is 0.246 e. The molecule has 1 aliphatic rings. The van der Waals surface area contributed by atoms with Crippen LogP contribution >= 0.6 is 0 Å². The Hall–Kier alpha value is -2.98. The van der Waals surface area contributed by atoms with Crippen LogP contribution in [0.15, 0.2) is 46.1 Å². The Morgan fingerprint density at radius 3 is 2.37 bits per heavy atom. The molecule has 3 aromatic rings. The normalized spacial score (nSPS) is 15.4. The lowest BCUT2D eigenvalue weighted by atomic mass is 10.1. The zero-order valence-corrected chi connectivity index (χ0v) is 17.9. The summed E-state index contributed by atoms with van der Waals surface area (Å²) in [5.74, 6) is 1.45. The molecule has 158 valence electrons. The maximum absolute atomic E-state index is 13.4.